The van der Waals surface area contributed by atoms with Crippen molar-refractivity contribution < 1.29 is 9.84 Å². The highest BCUT2D eigenvalue weighted by atomic mass is 16.5. The summed E-state index contributed by atoms with van der Waals surface area (Å²) in [6, 6.07) is 14.1. The Morgan fingerprint density at radius 2 is 1.79 bits per heavy atom. The van der Waals surface area contributed by atoms with E-state index in [-0.39, 0.29) is 0 Å². The van der Waals surface area contributed by atoms with Crippen LogP contribution in [-0.2, 0) is 6.61 Å². The normalized spacial score (nSPS) is 12.2. The van der Waals surface area contributed by atoms with E-state index in [1.54, 1.807) is 6.92 Å². The quantitative estimate of drug-likeness (QED) is 0.898. The van der Waals surface area contributed by atoms with E-state index < -0.39 is 6.10 Å². The zero-order chi connectivity index (χ0) is 13.8. The van der Waals surface area contributed by atoms with E-state index in [2.05, 4.69) is 19.1 Å². The third-order valence-corrected chi connectivity index (χ3v) is 3.09. The van der Waals surface area contributed by atoms with Gasteiger partial charge in [0, 0.05) is 5.56 Å². The summed E-state index contributed by atoms with van der Waals surface area (Å²) in [6.07, 6.45) is -0.521. The first-order chi connectivity index (χ1) is 9.06. The Morgan fingerprint density at radius 1 is 1.05 bits per heavy atom. The topological polar surface area (TPSA) is 29.5 Å². The molecule has 2 aromatic rings. The summed E-state index contributed by atoms with van der Waals surface area (Å²) in [7, 11) is 0. The molecular weight excluding hydrogens is 236 g/mol. The molecule has 0 saturated carbocycles. The molecule has 0 aliphatic rings. The van der Waals surface area contributed by atoms with E-state index in [1.165, 1.54) is 5.56 Å². The fourth-order valence-corrected chi connectivity index (χ4v) is 2.09. The van der Waals surface area contributed by atoms with Gasteiger partial charge in [-0.25, -0.2) is 0 Å². The molecule has 0 amide bonds. The lowest BCUT2D eigenvalue weighted by atomic mass is 10.1. The molecule has 0 saturated heterocycles. The standard InChI is InChI=1S/C17H20O2/c1-12-5-4-6-15(9-12)11-19-17-8-7-13(2)10-16(17)14(3)18/h4-10,14,18H,11H2,1-3H3/t14-/m0/s1. The Bertz CT molecular complexity index is 559. The average Bonchev–Trinajstić information content (AvgIpc) is 2.37. The number of ether oxygens (including phenoxy) is 1. The summed E-state index contributed by atoms with van der Waals surface area (Å²) in [6.45, 7) is 6.35. The largest absolute Gasteiger partial charge is 0.489 e. The Morgan fingerprint density at radius 3 is 2.47 bits per heavy atom. The Labute approximate surface area is 114 Å². The molecule has 0 radical (unpaired) electrons. The molecule has 0 aliphatic heterocycles. The molecule has 1 atom stereocenters. The van der Waals surface area contributed by atoms with Crippen LogP contribution < -0.4 is 4.74 Å². The molecule has 0 fully saturated rings. The van der Waals surface area contributed by atoms with E-state index >= 15 is 0 Å². The van der Waals surface area contributed by atoms with Gasteiger partial charge < -0.3 is 9.84 Å². The maximum absolute atomic E-state index is 9.79. The van der Waals surface area contributed by atoms with Crippen LogP contribution in [0.25, 0.3) is 0 Å². The summed E-state index contributed by atoms with van der Waals surface area (Å²) in [5.41, 5.74) is 4.32. The summed E-state index contributed by atoms with van der Waals surface area (Å²) >= 11 is 0. The Hall–Kier alpha value is -1.80. The highest BCUT2D eigenvalue weighted by Gasteiger charge is 2.09. The number of rotatable bonds is 4. The first-order valence-electron chi connectivity index (χ1n) is 6.53. The number of aryl methyl sites for hydroxylation is 2. The van der Waals surface area contributed by atoms with Crippen LogP contribution in [0.1, 0.15) is 35.3 Å². The second-order valence-corrected chi connectivity index (χ2v) is 4.99. The molecular formula is C17H20O2. The van der Waals surface area contributed by atoms with E-state index in [9.17, 15) is 5.11 Å². The number of hydrogen-bond donors (Lipinski definition) is 1. The summed E-state index contributed by atoms with van der Waals surface area (Å²) < 4.78 is 5.83. The van der Waals surface area contributed by atoms with Crippen molar-refractivity contribution in [1.29, 1.82) is 0 Å². The molecule has 0 heterocycles. The Kier molecular flexibility index (Phi) is 4.23. The van der Waals surface area contributed by atoms with Crippen LogP contribution in [0.5, 0.6) is 5.75 Å². The second-order valence-electron chi connectivity index (χ2n) is 4.99. The SMILES string of the molecule is Cc1cccc(COc2ccc(C)cc2[C@H](C)O)c1. The zero-order valence-corrected chi connectivity index (χ0v) is 11.7. The molecule has 0 aromatic heterocycles. The van der Waals surface area contributed by atoms with Crippen LogP contribution in [0.3, 0.4) is 0 Å². The van der Waals surface area contributed by atoms with Crippen molar-refractivity contribution >= 4 is 0 Å². The average molecular weight is 256 g/mol. The van der Waals surface area contributed by atoms with Gasteiger partial charge >= 0.3 is 0 Å². The molecule has 2 rings (SSSR count). The van der Waals surface area contributed by atoms with Gasteiger partial charge in [0.1, 0.15) is 12.4 Å². The maximum Gasteiger partial charge on any atom is 0.125 e. The van der Waals surface area contributed by atoms with Gasteiger partial charge in [-0.1, -0.05) is 41.5 Å². The van der Waals surface area contributed by atoms with Crippen molar-refractivity contribution in [1.82, 2.24) is 0 Å². The van der Waals surface area contributed by atoms with Gasteiger partial charge in [0.2, 0.25) is 0 Å². The maximum atomic E-state index is 9.79. The number of hydrogen-bond acceptors (Lipinski definition) is 2. The number of aliphatic hydroxyl groups excluding tert-OH is 1. The van der Waals surface area contributed by atoms with Crippen molar-refractivity contribution in [3.8, 4) is 5.75 Å². The molecule has 1 N–H and O–H groups in total. The van der Waals surface area contributed by atoms with Gasteiger partial charge in [-0.2, -0.15) is 0 Å². The minimum Gasteiger partial charge on any atom is -0.489 e. The van der Waals surface area contributed by atoms with Gasteiger partial charge in [0.05, 0.1) is 6.10 Å². The van der Waals surface area contributed by atoms with Crippen LogP contribution >= 0.6 is 0 Å². The molecule has 0 bridgehead atoms. The van der Waals surface area contributed by atoms with Gasteiger partial charge in [0.25, 0.3) is 0 Å². The molecule has 0 unspecified atom stereocenters. The van der Waals surface area contributed by atoms with Gasteiger partial charge in [-0.3, -0.25) is 0 Å². The van der Waals surface area contributed by atoms with Crippen molar-refractivity contribution in [2.75, 3.05) is 0 Å². The lowest BCUT2D eigenvalue weighted by Gasteiger charge is -2.14. The van der Waals surface area contributed by atoms with Crippen molar-refractivity contribution in [3.05, 3.63) is 64.7 Å². The monoisotopic (exact) mass is 256 g/mol. The number of aliphatic hydroxyl groups is 1. The second kappa shape index (κ2) is 5.89. The van der Waals surface area contributed by atoms with Gasteiger partial charge in [-0.15, -0.1) is 0 Å². The van der Waals surface area contributed by atoms with Crippen LogP contribution in [0.15, 0.2) is 42.5 Å². The van der Waals surface area contributed by atoms with Crippen LogP contribution in [-0.4, -0.2) is 5.11 Å². The van der Waals surface area contributed by atoms with E-state index in [1.807, 2.05) is 37.3 Å². The fraction of sp³-hybridized carbons (Fsp3) is 0.294. The summed E-state index contributed by atoms with van der Waals surface area (Å²) in [5, 5.41) is 9.79. The predicted molar refractivity (Wildman–Crippen MR) is 77.3 cm³/mol. The lowest BCUT2D eigenvalue weighted by Crippen LogP contribution is -2.01. The summed E-state index contributed by atoms with van der Waals surface area (Å²) in [5.74, 6) is 0.752. The van der Waals surface area contributed by atoms with Crippen LogP contribution in [0.4, 0.5) is 0 Å². The molecule has 2 heteroatoms. The molecule has 0 spiro atoms. The van der Waals surface area contributed by atoms with Gasteiger partial charge in [-0.05, 0) is 38.5 Å². The minimum atomic E-state index is -0.521. The third-order valence-electron chi connectivity index (χ3n) is 3.09. The third kappa shape index (κ3) is 3.58. The Balaban J connectivity index is 2.15. The molecule has 100 valence electrons. The first-order valence-corrected chi connectivity index (χ1v) is 6.53. The number of benzene rings is 2. The van der Waals surface area contributed by atoms with E-state index in [0.29, 0.717) is 6.61 Å². The first kappa shape index (κ1) is 13.6. The van der Waals surface area contributed by atoms with E-state index in [4.69, 9.17) is 4.74 Å². The molecule has 2 aromatic carbocycles. The van der Waals surface area contributed by atoms with E-state index in [0.717, 1.165) is 22.4 Å². The van der Waals surface area contributed by atoms with Crippen molar-refractivity contribution in [2.24, 2.45) is 0 Å². The zero-order valence-electron chi connectivity index (χ0n) is 11.7. The smallest absolute Gasteiger partial charge is 0.125 e. The molecule has 0 aliphatic carbocycles. The molecule has 2 nitrogen and oxygen atoms in total. The van der Waals surface area contributed by atoms with Crippen molar-refractivity contribution in [2.45, 2.75) is 33.5 Å². The van der Waals surface area contributed by atoms with Crippen molar-refractivity contribution in [3.63, 3.8) is 0 Å². The van der Waals surface area contributed by atoms with Gasteiger partial charge in [0.15, 0.2) is 0 Å². The van der Waals surface area contributed by atoms with Crippen LogP contribution in [0, 0.1) is 13.8 Å². The summed E-state index contributed by atoms with van der Waals surface area (Å²) in [4.78, 5) is 0. The van der Waals surface area contributed by atoms with Crippen LogP contribution in [0.2, 0.25) is 0 Å². The fourth-order valence-electron chi connectivity index (χ4n) is 2.09. The molecule has 19 heavy (non-hydrogen) atoms. The lowest BCUT2D eigenvalue weighted by molar-refractivity contribution is 0.190. The highest BCUT2D eigenvalue weighted by Crippen LogP contribution is 2.27. The predicted octanol–water partition coefficient (Wildman–Crippen LogP) is 3.94. The minimum absolute atomic E-state index is 0.518. The highest BCUT2D eigenvalue weighted by molar-refractivity contribution is 5.38.